The zero-order valence-corrected chi connectivity index (χ0v) is 19.8. The highest BCUT2D eigenvalue weighted by Gasteiger charge is 2.31. The summed E-state index contributed by atoms with van der Waals surface area (Å²) < 4.78 is 6.15. The fourth-order valence-electron chi connectivity index (χ4n) is 3.89. The molecule has 1 aromatic heterocycles. The summed E-state index contributed by atoms with van der Waals surface area (Å²) in [5.74, 6) is -1.15. The zero-order valence-electron chi connectivity index (χ0n) is 17.4. The molecular weight excluding hydrogens is 478 g/mol. The summed E-state index contributed by atoms with van der Waals surface area (Å²) in [5, 5.41) is 12.2. The monoisotopic (exact) mass is 499 g/mol. The molecule has 2 aromatic carbocycles. The van der Waals surface area contributed by atoms with Crippen molar-refractivity contribution in [1.82, 2.24) is 0 Å². The number of nitrogens with one attached hydrogen (secondary N) is 1. The van der Waals surface area contributed by atoms with Crippen LogP contribution in [0.3, 0.4) is 0 Å². The second kappa shape index (κ2) is 8.13. The van der Waals surface area contributed by atoms with E-state index in [0.29, 0.717) is 4.47 Å². The highest BCUT2D eigenvalue weighted by molar-refractivity contribution is 9.10. The van der Waals surface area contributed by atoms with Gasteiger partial charge in [-0.05, 0) is 43.6 Å². The first-order valence-corrected chi connectivity index (χ1v) is 11.5. The van der Waals surface area contributed by atoms with E-state index in [4.69, 9.17) is 4.74 Å². The Morgan fingerprint density at radius 3 is 2.13 bits per heavy atom. The summed E-state index contributed by atoms with van der Waals surface area (Å²) >= 11 is 4.62. The van der Waals surface area contributed by atoms with Crippen molar-refractivity contribution in [3.63, 3.8) is 0 Å². The van der Waals surface area contributed by atoms with E-state index in [-0.39, 0.29) is 28.5 Å². The number of rotatable bonds is 4. The molecule has 0 saturated heterocycles. The highest BCUT2D eigenvalue weighted by Crippen LogP contribution is 2.45. The number of anilines is 1. The summed E-state index contributed by atoms with van der Waals surface area (Å²) in [6.07, 6.45) is -0.677. The van der Waals surface area contributed by atoms with Crippen LogP contribution in [0, 0.1) is 0 Å². The highest BCUT2D eigenvalue weighted by atomic mass is 79.9. The van der Waals surface area contributed by atoms with Gasteiger partial charge in [0.15, 0.2) is 0 Å². The first-order valence-electron chi connectivity index (χ1n) is 9.86. The fraction of sp³-hybridized carbons (Fsp3) is 0.250. The van der Waals surface area contributed by atoms with Gasteiger partial charge in [0.1, 0.15) is 11.5 Å². The van der Waals surface area contributed by atoms with Crippen LogP contribution in [0.5, 0.6) is 0 Å². The molecule has 31 heavy (non-hydrogen) atoms. The van der Waals surface area contributed by atoms with Crippen molar-refractivity contribution >= 4 is 45.0 Å². The van der Waals surface area contributed by atoms with Gasteiger partial charge in [-0.1, -0.05) is 69.3 Å². The van der Waals surface area contributed by atoms with Gasteiger partial charge in [-0.25, -0.2) is 9.59 Å². The van der Waals surface area contributed by atoms with Crippen LogP contribution in [-0.4, -0.2) is 23.8 Å². The number of benzene rings is 2. The molecule has 0 spiro atoms. The number of halogens is 1. The van der Waals surface area contributed by atoms with Crippen LogP contribution < -0.4 is 5.32 Å². The molecule has 0 fully saturated rings. The maximum absolute atomic E-state index is 12.6. The van der Waals surface area contributed by atoms with Gasteiger partial charge >= 0.3 is 12.1 Å². The standard InChI is InChI=1S/C24H22BrNO4S/c1-24(2,3)21-18(25)19(20(31-21)22(27)28)26-23(29)30-12-17-15-10-6-4-8-13(15)14-9-5-7-11-16(14)17/h4-11,17H,12H2,1-3H3,(H,26,29)(H,27,28). The van der Waals surface area contributed by atoms with Crippen molar-refractivity contribution in [2.75, 3.05) is 11.9 Å². The van der Waals surface area contributed by atoms with E-state index >= 15 is 0 Å². The number of fused-ring (bicyclic) bond motifs is 3. The predicted octanol–water partition coefficient (Wildman–Crippen LogP) is 6.87. The molecule has 3 aromatic rings. The molecule has 0 atom stereocenters. The topological polar surface area (TPSA) is 75.6 Å². The average Bonchev–Trinajstić information content (AvgIpc) is 3.22. The van der Waals surface area contributed by atoms with Crippen LogP contribution in [0.15, 0.2) is 53.0 Å². The lowest BCUT2D eigenvalue weighted by atomic mass is 9.94. The summed E-state index contributed by atoms with van der Waals surface area (Å²) in [6.45, 7) is 6.14. The molecule has 0 unspecified atom stereocenters. The number of carboxylic acid groups (broad SMARTS) is 1. The molecule has 0 radical (unpaired) electrons. The largest absolute Gasteiger partial charge is 0.477 e. The lowest BCUT2D eigenvalue weighted by molar-refractivity contribution is 0.0703. The molecule has 2 N–H and O–H groups in total. The van der Waals surface area contributed by atoms with Gasteiger partial charge in [-0.3, -0.25) is 5.32 Å². The second-order valence-corrected chi connectivity index (χ2v) is 10.3. The van der Waals surface area contributed by atoms with Crippen molar-refractivity contribution in [2.45, 2.75) is 32.1 Å². The molecule has 0 bridgehead atoms. The Kier molecular flexibility index (Phi) is 5.66. The number of hydrogen-bond acceptors (Lipinski definition) is 4. The van der Waals surface area contributed by atoms with Crippen LogP contribution in [0.25, 0.3) is 11.1 Å². The van der Waals surface area contributed by atoms with E-state index in [1.54, 1.807) is 0 Å². The fourth-order valence-corrected chi connectivity index (χ4v) is 6.20. The third kappa shape index (κ3) is 4.00. The minimum atomic E-state index is -1.09. The third-order valence-electron chi connectivity index (χ3n) is 5.30. The van der Waals surface area contributed by atoms with E-state index in [2.05, 4.69) is 45.5 Å². The normalized spacial score (nSPS) is 12.9. The molecule has 4 rings (SSSR count). The number of ether oxygens (including phenoxy) is 1. The van der Waals surface area contributed by atoms with Crippen molar-refractivity contribution in [3.8, 4) is 11.1 Å². The number of carbonyl (C=O) groups excluding carboxylic acids is 1. The summed E-state index contributed by atoms with van der Waals surface area (Å²) in [5.41, 5.74) is 4.50. The van der Waals surface area contributed by atoms with E-state index in [9.17, 15) is 14.7 Å². The lowest BCUT2D eigenvalue weighted by Gasteiger charge is -2.17. The van der Waals surface area contributed by atoms with Gasteiger partial charge in [0, 0.05) is 10.8 Å². The average molecular weight is 500 g/mol. The Morgan fingerprint density at radius 1 is 1.06 bits per heavy atom. The van der Waals surface area contributed by atoms with Gasteiger partial charge in [0.2, 0.25) is 0 Å². The smallest absolute Gasteiger partial charge is 0.411 e. The van der Waals surface area contributed by atoms with Crippen LogP contribution in [0.2, 0.25) is 0 Å². The molecule has 1 amide bonds. The summed E-state index contributed by atoms with van der Waals surface area (Å²) in [6, 6.07) is 16.2. The molecule has 1 aliphatic rings. The van der Waals surface area contributed by atoms with Gasteiger partial charge in [0.05, 0.1) is 10.2 Å². The first kappa shape index (κ1) is 21.6. The number of hydrogen-bond donors (Lipinski definition) is 2. The third-order valence-corrected chi connectivity index (χ3v) is 7.96. The molecule has 0 saturated carbocycles. The van der Waals surface area contributed by atoms with Crippen LogP contribution in [0.4, 0.5) is 10.5 Å². The van der Waals surface area contributed by atoms with Crippen molar-refractivity contribution < 1.29 is 19.4 Å². The molecule has 160 valence electrons. The number of carbonyl (C=O) groups is 2. The Balaban J connectivity index is 1.55. The first-order chi connectivity index (χ1) is 14.7. The van der Waals surface area contributed by atoms with E-state index in [1.807, 2.05) is 45.0 Å². The van der Waals surface area contributed by atoms with E-state index in [0.717, 1.165) is 38.5 Å². The molecule has 0 aliphatic heterocycles. The molecule has 5 nitrogen and oxygen atoms in total. The molecule has 1 heterocycles. The molecular formula is C24H22BrNO4S. The predicted molar refractivity (Wildman–Crippen MR) is 126 cm³/mol. The minimum Gasteiger partial charge on any atom is -0.477 e. The molecule has 7 heteroatoms. The van der Waals surface area contributed by atoms with Crippen molar-refractivity contribution in [2.24, 2.45) is 0 Å². The maximum Gasteiger partial charge on any atom is 0.411 e. The van der Waals surface area contributed by atoms with Crippen LogP contribution in [0.1, 0.15) is 52.4 Å². The zero-order chi connectivity index (χ0) is 22.3. The number of carboxylic acids is 1. The van der Waals surface area contributed by atoms with Gasteiger partial charge in [-0.2, -0.15) is 0 Å². The minimum absolute atomic E-state index is 0.0619. The lowest BCUT2D eigenvalue weighted by Crippen LogP contribution is -2.19. The number of thiophene rings is 1. The Bertz CT molecular complexity index is 1130. The van der Waals surface area contributed by atoms with Gasteiger partial charge in [-0.15, -0.1) is 11.3 Å². The SMILES string of the molecule is CC(C)(C)c1sc(C(=O)O)c(NC(=O)OCC2c3ccccc3-c3ccccc32)c1Br. The van der Waals surface area contributed by atoms with E-state index < -0.39 is 12.1 Å². The maximum atomic E-state index is 12.6. The van der Waals surface area contributed by atoms with Crippen molar-refractivity contribution in [3.05, 3.63) is 73.9 Å². The van der Waals surface area contributed by atoms with Gasteiger partial charge < -0.3 is 9.84 Å². The summed E-state index contributed by atoms with van der Waals surface area (Å²) in [7, 11) is 0. The molecule has 1 aliphatic carbocycles. The number of aromatic carboxylic acids is 1. The van der Waals surface area contributed by atoms with Crippen molar-refractivity contribution in [1.29, 1.82) is 0 Å². The van der Waals surface area contributed by atoms with Gasteiger partial charge in [0.25, 0.3) is 0 Å². The van der Waals surface area contributed by atoms with Crippen LogP contribution in [-0.2, 0) is 10.2 Å². The second-order valence-electron chi connectivity index (χ2n) is 8.45. The Hall–Kier alpha value is -2.64. The Morgan fingerprint density at radius 2 is 1.61 bits per heavy atom. The number of amides is 1. The van der Waals surface area contributed by atoms with Crippen LogP contribution >= 0.6 is 27.3 Å². The van der Waals surface area contributed by atoms with E-state index in [1.165, 1.54) is 0 Å². The summed E-state index contributed by atoms with van der Waals surface area (Å²) in [4.78, 5) is 25.3. The quantitative estimate of drug-likeness (QED) is 0.410. The Labute approximate surface area is 193 Å².